The lowest BCUT2D eigenvalue weighted by Crippen LogP contribution is -2.36. The molecule has 29 heavy (non-hydrogen) atoms. The molecule has 0 spiro atoms. The Kier molecular flexibility index (Phi) is 7.14. The molecular weight excluding hydrogens is 359 g/mol. The van der Waals surface area contributed by atoms with E-state index in [-0.39, 0.29) is 0 Å². The Balaban J connectivity index is 1.68. The lowest BCUT2D eigenvalue weighted by molar-refractivity contribution is 0.0597. The number of allylic oxidation sites excluding steroid dienone is 5. The summed E-state index contributed by atoms with van der Waals surface area (Å²) in [6.07, 6.45) is 16.0. The molecule has 0 radical (unpaired) electrons. The molecule has 5 atom stereocenters. The van der Waals surface area contributed by atoms with Gasteiger partial charge in [0.15, 0.2) is 0 Å². The van der Waals surface area contributed by atoms with Crippen LogP contribution in [-0.2, 0) is 0 Å². The van der Waals surface area contributed by atoms with Gasteiger partial charge in [-0.15, -0.1) is 0 Å². The SMILES string of the molecule is C=C1/C(=C\C=C2/CCCC3(C)C2CC[C@@H]3[C@H](C)CCCC(C)(C)O)CCC[C@@H]1F. The summed E-state index contributed by atoms with van der Waals surface area (Å²) in [5.41, 5.74) is 3.32. The van der Waals surface area contributed by atoms with E-state index in [0.29, 0.717) is 17.8 Å². The van der Waals surface area contributed by atoms with Gasteiger partial charge in [-0.3, -0.25) is 0 Å². The fraction of sp³-hybridized carbons (Fsp3) is 0.778. The Morgan fingerprint density at radius 1 is 1.21 bits per heavy atom. The third-order valence-electron chi connectivity index (χ3n) is 8.37. The van der Waals surface area contributed by atoms with Gasteiger partial charge in [0.2, 0.25) is 0 Å². The molecule has 164 valence electrons. The number of rotatable bonds is 6. The number of hydrogen-bond acceptors (Lipinski definition) is 1. The average Bonchev–Trinajstić information content (AvgIpc) is 2.99. The topological polar surface area (TPSA) is 20.2 Å². The van der Waals surface area contributed by atoms with Gasteiger partial charge in [-0.25, -0.2) is 4.39 Å². The molecule has 0 heterocycles. The van der Waals surface area contributed by atoms with E-state index in [2.05, 4.69) is 32.6 Å². The minimum atomic E-state index is -0.842. The summed E-state index contributed by atoms with van der Waals surface area (Å²) < 4.78 is 14.0. The van der Waals surface area contributed by atoms with Gasteiger partial charge in [0.25, 0.3) is 0 Å². The molecule has 2 unspecified atom stereocenters. The minimum absolute atomic E-state index is 0.406. The van der Waals surface area contributed by atoms with E-state index in [0.717, 1.165) is 48.7 Å². The fourth-order valence-electron chi connectivity index (χ4n) is 6.68. The molecule has 0 aromatic rings. The quantitative estimate of drug-likeness (QED) is 0.482. The first-order valence-electron chi connectivity index (χ1n) is 12.1. The smallest absolute Gasteiger partial charge is 0.125 e. The van der Waals surface area contributed by atoms with Gasteiger partial charge in [0, 0.05) is 0 Å². The van der Waals surface area contributed by atoms with Crippen molar-refractivity contribution in [3.05, 3.63) is 35.5 Å². The van der Waals surface area contributed by atoms with Crippen LogP contribution in [0.1, 0.15) is 98.3 Å². The van der Waals surface area contributed by atoms with Crippen LogP contribution in [0.25, 0.3) is 0 Å². The zero-order valence-electron chi connectivity index (χ0n) is 19.3. The van der Waals surface area contributed by atoms with Gasteiger partial charge >= 0.3 is 0 Å². The van der Waals surface area contributed by atoms with Crippen molar-refractivity contribution in [1.82, 2.24) is 0 Å². The number of halogens is 1. The molecule has 3 aliphatic rings. The van der Waals surface area contributed by atoms with Gasteiger partial charge in [-0.2, -0.15) is 0 Å². The van der Waals surface area contributed by atoms with Crippen molar-refractivity contribution in [2.24, 2.45) is 23.2 Å². The predicted octanol–water partition coefficient (Wildman–Crippen LogP) is 7.71. The number of alkyl halides is 1. The van der Waals surface area contributed by atoms with Crippen molar-refractivity contribution in [3.8, 4) is 0 Å². The summed E-state index contributed by atoms with van der Waals surface area (Å²) in [5.74, 6) is 2.19. The third kappa shape index (κ3) is 5.24. The molecule has 3 saturated carbocycles. The van der Waals surface area contributed by atoms with E-state index in [4.69, 9.17) is 0 Å². The van der Waals surface area contributed by atoms with Gasteiger partial charge < -0.3 is 5.11 Å². The molecule has 0 bridgehead atoms. The highest BCUT2D eigenvalue weighted by molar-refractivity contribution is 5.37. The number of hydrogen-bond donors (Lipinski definition) is 1. The Hall–Kier alpha value is -0.890. The van der Waals surface area contributed by atoms with Crippen LogP contribution >= 0.6 is 0 Å². The van der Waals surface area contributed by atoms with E-state index >= 15 is 0 Å². The van der Waals surface area contributed by atoms with E-state index in [1.807, 2.05) is 13.8 Å². The normalized spacial score (nSPS) is 37.2. The van der Waals surface area contributed by atoms with E-state index in [1.54, 1.807) is 5.57 Å². The third-order valence-corrected chi connectivity index (χ3v) is 8.37. The van der Waals surface area contributed by atoms with Crippen molar-refractivity contribution in [2.45, 2.75) is 110 Å². The predicted molar refractivity (Wildman–Crippen MR) is 122 cm³/mol. The highest BCUT2D eigenvalue weighted by atomic mass is 19.1. The Morgan fingerprint density at radius 2 is 1.97 bits per heavy atom. The van der Waals surface area contributed by atoms with Crippen LogP contribution in [0.5, 0.6) is 0 Å². The monoisotopic (exact) mass is 402 g/mol. The fourth-order valence-corrected chi connectivity index (χ4v) is 6.68. The summed E-state index contributed by atoms with van der Waals surface area (Å²) in [7, 11) is 0. The van der Waals surface area contributed by atoms with E-state index in [1.165, 1.54) is 38.5 Å². The second kappa shape index (κ2) is 9.08. The summed E-state index contributed by atoms with van der Waals surface area (Å²) in [6.45, 7) is 12.8. The lowest BCUT2D eigenvalue weighted by Gasteiger charge is -2.44. The van der Waals surface area contributed by atoms with Gasteiger partial charge in [0.05, 0.1) is 5.60 Å². The van der Waals surface area contributed by atoms with Crippen LogP contribution in [0.2, 0.25) is 0 Å². The van der Waals surface area contributed by atoms with Gasteiger partial charge in [0.1, 0.15) is 6.17 Å². The first-order chi connectivity index (χ1) is 13.6. The van der Waals surface area contributed by atoms with Gasteiger partial charge in [-0.05, 0) is 106 Å². The van der Waals surface area contributed by atoms with Crippen molar-refractivity contribution in [3.63, 3.8) is 0 Å². The van der Waals surface area contributed by atoms with Crippen molar-refractivity contribution in [1.29, 1.82) is 0 Å². The first kappa shape index (κ1) is 22.8. The van der Waals surface area contributed by atoms with Crippen LogP contribution in [0.3, 0.4) is 0 Å². The zero-order valence-corrected chi connectivity index (χ0v) is 19.3. The summed E-state index contributed by atoms with van der Waals surface area (Å²) in [5, 5.41) is 10.0. The molecule has 1 nitrogen and oxygen atoms in total. The number of fused-ring (bicyclic) bond motifs is 1. The highest BCUT2D eigenvalue weighted by Crippen LogP contribution is 2.60. The zero-order chi connectivity index (χ0) is 21.2. The van der Waals surface area contributed by atoms with Crippen LogP contribution in [0, 0.1) is 23.2 Å². The molecule has 3 aliphatic carbocycles. The van der Waals surface area contributed by atoms with Crippen LogP contribution in [0.4, 0.5) is 4.39 Å². The molecule has 0 saturated heterocycles. The van der Waals surface area contributed by atoms with Crippen LogP contribution in [0.15, 0.2) is 35.5 Å². The van der Waals surface area contributed by atoms with Crippen LogP contribution < -0.4 is 0 Å². The van der Waals surface area contributed by atoms with Crippen molar-refractivity contribution in [2.75, 3.05) is 0 Å². The second-order valence-corrected chi connectivity index (χ2v) is 11.1. The van der Waals surface area contributed by atoms with E-state index < -0.39 is 11.8 Å². The molecule has 1 N–H and O–H groups in total. The summed E-state index contributed by atoms with van der Waals surface area (Å²) >= 11 is 0. The molecule has 3 rings (SSSR count). The minimum Gasteiger partial charge on any atom is -0.390 e. The Bertz CT molecular complexity index is 652. The Labute approximate surface area is 178 Å². The van der Waals surface area contributed by atoms with Crippen molar-refractivity contribution < 1.29 is 9.50 Å². The van der Waals surface area contributed by atoms with Gasteiger partial charge in [-0.1, -0.05) is 51.0 Å². The van der Waals surface area contributed by atoms with Crippen molar-refractivity contribution >= 4 is 0 Å². The molecule has 3 fully saturated rings. The first-order valence-corrected chi connectivity index (χ1v) is 12.1. The molecule has 0 aromatic heterocycles. The molecule has 0 aromatic carbocycles. The molecule has 2 heteroatoms. The second-order valence-electron chi connectivity index (χ2n) is 11.1. The number of aliphatic hydroxyl groups is 1. The molecule has 0 aliphatic heterocycles. The molecule has 0 amide bonds. The maximum absolute atomic E-state index is 14.0. The maximum Gasteiger partial charge on any atom is 0.125 e. The summed E-state index contributed by atoms with van der Waals surface area (Å²) in [6, 6.07) is 0. The maximum atomic E-state index is 14.0. The van der Waals surface area contributed by atoms with E-state index in [9.17, 15) is 9.50 Å². The average molecular weight is 403 g/mol. The standard InChI is InChI=1S/C27H43FO/c1-19(9-7-17-26(3,4)29)23-15-16-24-22(11-8-18-27(23,24)5)14-13-21-10-6-12-25(28)20(21)2/h13-14,19,23-25,29H,2,6-12,15-18H2,1,3-5H3/b21-13-,22-14+/t19-,23-,24?,25+,27?/m1/s1. The highest BCUT2D eigenvalue weighted by Gasteiger charge is 2.50. The molecular formula is C27H43FO. The summed E-state index contributed by atoms with van der Waals surface area (Å²) in [4.78, 5) is 0. The largest absolute Gasteiger partial charge is 0.390 e. The Morgan fingerprint density at radius 3 is 2.69 bits per heavy atom. The lowest BCUT2D eigenvalue weighted by atomic mass is 9.60. The van der Waals surface area contributed by atoms with Crippen LogP contribution in [-0.4, -0.2) is 16.9 Å².